The molecule has 0 fully saturated rings. The van der Waals surface area contributed by atoms with Gasteiger partial charge in [-0.15, -0.1) is 0 Å². The summed E-state index contributed by atoms with van der Waals surface area (Å²) in [7, 11) is 0. The molecule has 0 radical (unpaired) electrons. The van der Waals surface area contributed by atoms with E-state index in [4.69, 9.17) is 78.1 Å². The van der Waals surface area contributed by atoms with Gasteiger partial charge in [0.05, 0.1) is 73.9 Å². The first kappa shape index (κ1) is 97.2. The largest absolute Gasteiger partial charge is 0.488 e. The summed E-state index contributed by atoms with van der Waals surface area (Å²) in [5.74, 6) is -0.304. The smallest absolute Gasteiger partial charge is 0.329 e. The number of benzene rings is 3. The molecule has 25 heteroatoms. The Labute approximate surface area is 629 Å². The number of nitrogens with one attached hydrogen (secondary N) is 2. The van der Waals surface area contributed by atoms with Gasteiger partial charge < -0.3 is 73.9 Å². The van der Waals surface area contributed by atoms with E-state index in [1.807, 2.05) is 170 Å². The van der Waals surface area contributed by atoms with Crippen LogP contribution in [0.4, 0.5) is 0 Å². The van der Waals surface area contributed by atoms with Crippen molar-refractivity contribution in [3.8, 4) is 17.2 Å². The predicted molar refractivity (Wildman–Crippen MR) is 399 cm³/mol. The number of carbonyl (C=O) groups excluding carboxylic acids is 5. The van der Waals surface area contributed by atoms with E-state index in [0.29, 0.717) is 78.7 Å². The first-order chi connectivity index (χ1) is 48.1. The van der Waals surface area contributed by atoms with Crippen LogP contribution in [0.5, 0.6) is 17.2 Å². The molecule has 3 aromatic rings. The van der Waals surface area contributed by atoms with Crippen LogP contribution in [0.1, 0.15) is 202 Å². The van der Waals surface area contributed by atoms with Crippen molar-refractivity contribution in [3.63, 3.8) is 0 Å². The van der Waals surface area contributed by atoms with Gasteiger partial charge in [-0.25, -0.2) is 9.59 Å². The van der Waals surface area contributed by atoms with Crippen molar-refractivity contribution in [2.75, 3.05) is 90.3 Å². The minimum atomic E-state index is -1.25. The molecule has 2 amide bonds. The molecule has 0 heterocycles. The van der Waals surface area contributed by atoms with Crippen LogP contribution in [0.15, 0.2) is 72.8 Å². The summed E-state index contributed by atoms with van der Waals surface area (Å²) in [6.45, 7) is 47.2. The second-order valence-electron chi connectivity index (χ2n) is 30.1. The fraction of sp³-hybridized carbons (Fsp3) is 0.692. The van der Waals surface area contributed by atoms with Gasteiger partial charge in [-0.1, -0.05) is 38.1 Å². The Morgan fingerprint density at radius 1 is 0.427 bits per heavy atom. The van der Waals surface area contributed by atoms with Crippen molar-refractivity contribution in [2.24, 2.45) is 15.6 Å². The molecule has 3 atom stereocenters. The third-order valence-corrected chi connectivity index (χ3v) is 13.5. The average Bonchev–Trinajstić information content (AvgIpc) is 0.870. The molecule has 8 N–H and O–H groups in total. The summed E-state index contributed by atoms with van der Waals surface area (Å²) in [4.78, 5) is 72.6. The molecule has 0 aromatic heterocycles. The van der Waals surface area contributed by atoms with Gasteiger partial charge in [-0.3, -0.25) is 14.4 Å². The molecule has 0 saturated carbocycles. The maximum atomic E-state index is 12.7. The molecule has 0 unspecified atom stereocenters. The minimum absolute atomic E-state index is 0.0633. The number of hydrogen-bond acceptors (Lipinski definition) is 21. The monoisotopic (exact) mass is 1570 g/mol. The zero-order valence-electron chi connectivity index (χ0n) is 67.5. The molecule has 24 nitrogen and oxygen atoms in total. The number of carboxylic acid groups (broad SMARTS) is 1. The molecule has 594 valence electrons. The number of esters is 3. The number of carbonyl (C=O) groups is 6. The van der Waals surface area contributed by atoms with Crippen LogP contribution < -0.4 is 56.0 Å². The SMILES string of the molecule is CC(C)(C)OC(=O)[C@@H](C[I-]N)Cc1ccc(OC(C)(C)C)cc1.CC(C)(C)OC(=O)[C@H](Cc1ccc(OC(C)(C)C)cc1)NC(=O)CCOCCOCCN.CCCOCCOCCC(=O)N[C@@H](Cc1ccc(OC(C)(C)C)cc1)C(=O)OC(C)(C)C.CCCOCCOCCC(=O)O.[2H]C(C)(C)O. The van der Waals surface area contributed by atoms with Crippen molar-refractivity contribution < 1.29 is 119 Å². The molecule has 3 aromatic carbocycles. The summed E-state index contributed by atoms with van der Waals surface area (Å²) in [5, 5.41) is 22.0. The summed E-state index contributed by atoms with van der Waals surface area (Å²) in [5.41, 5.74) is 5.64. The molecule has 103 heavy (non-hydrogen) atoms. The second kappa shape index (κ2) is 53.9. The maximum absolute atomic E-state index is 12.7. The number of ether oxygens (including phenoxy) is 12. The van der Waals surface area contributed by atoms with E-state index in [2.05, 4.69) is 10.6 Å². The molecular weight excluding hydrogens is 1440 g/mol. The number of carboxylic acids is 1. The number of alkyl halides is 1. The van der Waals surface area contributed by atoms with E-state index in [1.54, 1.807) is 41.5 Å². The molecular formula is C78H134IN4O20-. The summed E-state index contributed by atoms with van der Waals surface area (Å²) in [6, 6.07) is 21.3. The zero-order valence-corrected chi connectivity index (χ0v) is 68.6. The first-order valence-corrected chi connectivity index (χ1v) is 38.3. The van der Waals surface area contributed by atoms with Gasteiger partial charge in [0.2, 0.25) is 11.8 Å². The summed E-state index contributed by atoms with van der Waals surface area (Å²) in [6.07, 6.45) is 2.34. The van der Waals surface area contributed by atoms with Crippen molar-refractivity contribution >= 4 is 35.7 Å². The van der Waals surface area contributed by atoms with E-state index in [-0.39, 0.29) is 79.6 Å². The number of halogens is 1. The standard InChI is InChI=1S/C25H41NO6.C24H40N2O6.C18H29INO3.C8H16O4.C3H8O/c1-8-14-29-16-17-30-15-13-22(27)26-21(23(28)32-25(5,6)7)18-19-9-11-20(12-10-19)31-24(2,3)4;1-23(2,3)31-19-9-7-18(8-10-19)17-20(22(28)32-24(4,5)6)26-21(27)11-13-29-15-16-30-14-12-25;1-17(2,3)22-15-9-7-13(8-10-15)11-14(12-19-20)16(21)23-18(4,5)6;1-2-4-11-6-7-12-5-3-8(9)10;1-3(2)4/h9-12,21H,8,13-18H2,1-7H3,(H,26,27);7-10,20H,11-17,25H2,1-6H3,(H,26,27);7-10,14H,11-12,20H2,1-6H3;2-7H2,1H3,(H,9,10);3-4H,1-2H3/q;;-1;;/t21-;20-;14-;;/m001../s1/i;;;;3D. The average molecular weight is 1580 g/mol. The van der Waals surface area contributed by atoms with Crippen LogP contribution in [-0.4, -0.2) is 188 Å². The van der Waals surface area contributed by atoms with Crippen LogP contribution in [-0.2, 0) is 90.7 Å². The Morgan fingerprint density at radius 2 is 0.699 bits per heavy atom. The van der Waals surface area contributed by atoms with Crippen LogP contribution in [0, 0.1) is 5.92 Å². The number of aliphatic hydroxyl groups is 1. The number of hydrogen-bond donors (Lipinski definition) is 6. The predicted octanol–water partition coefficient (Wildman–Crippen LogP) is 8.30. The topological polar surface area (TPSA) is 330 Å². The summed E-state index contributed by atoms with van der Waals surface area (Å²) >= 11 is -0.458. The van der Waals surface area contributed by atoms with Gasteiger partial charge in [0, 0.05) is 51.5 Å². The Kier molecular flexibility index (Phi) is 50.9. The van der Waals surface area contributed by atoms with Gasteiger partial charge in [-0.2, -0.15) is 0 Å². The molecule has 3 rings (SSSR count). The Bertz CT molecular complexity index is 2660. The fourth-order valence-corrected chi connectivity index (χ4v) is 9.37. The van der Waals surface area contributed by atoms with E-state index in [0.717, 1.165) is 57.8 Å². The molecule has 0 saturated heterocycles. The molecule has 0 aliphatic carbocycles. The van der Waals surface area contributed by atoms with Crippen LogP contribution in [0.3, 0.4) is 0 Å². The Balaban J connectivity index is 0. The van der Waals surface area contributed by atoms with E-state index in [9.17, 15) is 28.8 Å². The number of aliphatic carboxylic acids is 1. The van der Waals surface area contributed by atoms with Crippen molar-refractivity contribution in [3.05, 3.63) is 89.5 Å². The van der Waals surface area contributed by atoms with Crippen LogP contribution in [0.2, 0.25) is 0 Å². The van der Waals surface area contributed by atoms with E-state index < -0.39 is 74.4 Å². The quantitative estimate of drug-likeness (QED) is 0.00778. The van der Waals surface area contributed by atoms with E-state index >= 15 is 0 Å². The van der Waals surface area contributed by atoms with Crippen molar-refractivity contribution in [1.82, 2.24) is 10.6 Å². The Hall–Kier alpha value is -5.75. The van der Waals surface area contributed by atoms with Gasteiger partial charge in [0.15, 0.2) is 0 Å². The van der Waals surface area contributed by atoms with Crippen molar-refractivity contribution in [2.45, 2.75) is 255 Å². The number of rotatable bonds is 40. The van der Waals surface area contributed by atoms with Gasteiger partial charge >= 0.3 is 169 Å². The third kappa shape index (κ3) is 63.3. The molecule has 0 aliphatic rings. The second-order valence-corrected chi connectivity index (χ2v) is 31.8. The van der Waals surface area contributed by atoms with Crippen LogP contribution in [0.25, 0.3) is 0 Å². The maximum Gasteiger partial charge on any atom is 0.329 e. The molecule has 0 bridgehead atoms. The van der Waals surface area contributed by atoms with Gasteiger partial charge in [0.25, 0.3) is 0 Å². The van der Waals surface area contributed by atoms with Gasteiger partial charge in [-0.05, 0) is 145 Å². The molecule has 0 spiro atoms. The Morgan fingerprint density at radius 3 is 0.961 bits per heavy atom. The zero-order chi connectivity index (χ0) is 79.8. The minimum Gasteiger partial charge on any atom is -0.488 e. The normalized spacial score (nSPS) is 12.8. The first-order valence-electron chi connectivity index (χ1n) is 36.1. The molecule has 0 aliphatic heterocycles. The van der Waals surface area contributed by atoms with Crippen molar-refractivity contribution in [1.29, 1.82) is 0 Å². The van der Waals surface area contributed by atoms with Gasteiger partial charge in [0.1, 0.15) is 46.0 Å². The summed E-state index contributed by atoms with van der Waals surface area (Å²) < 4.78 is 78.5. The number of nitrogens with two attached hydrogens (primary N) is 2. The van der Waals surface area contributed by atoms with E-state index in [1.165, 1.54) is 13.8 Å². The number of amides is 2. The fourth-order valence-electron chi connectivity index (χ4n) is 8.08. The third-order valence-electron chi connectivity index (χ3n) is 12.0. The van der Waals surface area contributed by atoms with Crippen LogP contribution >= 0.6 is 0 Å².